The molecule has 0 aliphatic heterocycles. The SMILES string of the molecule is CCCN(CCO)Cc1cc(Cl)c(OC)c(OC)c1. The zero-order valence-corrected chi connectivity index (χ0v) is 12.5. The number of aliphatic hydroxyl groups is 1. The summed E-state index contributed by atoms with van der Waals surface area (Å²) in [7, 11) is 3.16. The third-order valence-electron chi connectivity index (χ3n) is 2.86. The van der Waals surface area contributed by atoms with Gasteiger partial charge in [-0.1, -0.05) is 18.5 Å². The van der Waals surface area contributed by atoms with E-state index in [0.29, 0.717) is 23.1 Å². The minimum absolute atomic E-state index is 0.154. The van der Waals surface area contributed by atoms with Gasteiger partial charge in [0.2, 0.25) is 0 Å². The Bertz CT molecular complexity index is 393. The van der Waals surface area contributed by atoms with Gasteiger partial charge < -0.3 is 14.6 Å². The summed E-state index contributed by atoms with van der Waals surface area (Å²) in [5, 5.41) is 9.61. The number of hydrogen-bond donors (Lipinski definition) is 1. The first-order valence-electron chi connectivity index (χ1n) is 6.39. The van der Waals surface area contributed by atoms with E-state index in [2.05, 4.69) is 11.8 Å². The molecule has 0 unspecified atom stereocenters. The molecule has 0 aromatic heterocycles. The molecule has 0 atom stereocenters. The molecule has 0 aliphatic rings. The molecule has 0 radical (unpaired) electrons. The van der Waals surface area contributed by atoms with Crippen LogP contribution < -0.4 is 9.47 Å². The van der Waals surface area contributed by atoms with Crippen LogP contribution in [0.15, 0.2) is 12.1 Å². The Kier molecular flexibility index (Phi) is 6.99. The lowest BCUT2D eigenvalue weighted by Gasteiger charge is -2.21. The summed E-state index contributed by atoms with van der Waals surface area (Å²) >= 11 is 6.18. The quantitative estimate of drug-likeness (QED) is 0.798. The van der Waals surface area contributed by atoms with Crippen molar-refractivity contribution in [3.8, 4) is 11.5 Å². The van der Waals surface area contributed by atoms with E-state index in [1.807, 2.05) is 12.1 Å². The van der Waals surface area contributed by atoms with Crippen molar-refractivity contribution >= 4 is 11.6 Å². The van der Waals surface area contributed by atoms with E-state index in [9.17, 15) is 0 Å². The topological polar surface area (TPSA) is 41.9 Å². The highest BCUT2D eigenvalue weighted by atomic mass is 35.5. The van der Waals surface area contributed by atoms with Gasteiger partial charge in [0.25, 0.3) is 0 Å². The maximum absolute atomic E-state index is 9.07. The Balaban J connectivity index is 2.91. The molecule has 0 saturated heterocycles. The molecule has 0 heterocycles. The number of aliphatic hydroxyl groups excluding tert-OH is 1. The predicted molar refractivity (Wildman–Crippen MR) is 77.2 cm³/mol. The summed E-state index contributed by atoms with van der Waals surface area (Å²) in [4.78, 5) is 2.18. The first kappa shape index (κ1) is 16.1. The van der Waals surface area contributed by atoms with Gasteiger partial charge in [0.15, 0.2) is 11.5 Å². The molecule has 108 valence electrons. The van der Waals surface area contributed by atoms with Crippen LogP contribution in [0.5, 0.6) is 11.5 Å². The molecule has 1 aromatic carbocycles. The highest BCUT2D eigenvalue weighted by Crippen LogP contribution is 2.36. The van der Waals surface area contributed by atoms with Gasteiger partial charge in [0.1, 0.15) is 0 Å². The zero-order chi connectivity index (χ0) is 14.3. The summed E-state index contributed by atoms with van der Waals surface area (Å²) in [5.74, 6) is 1.18. The Morgan fingerprint density at radius 2 is 1.95 bits per heavy atom. The number of nitrogens with zero attached hydrogens (tertiary/aromatic N) is 1. The molecular formula is C14H22ClNO3. The van der Waals surface area contributed by atoms with Gasteiger partial charge in [-0.15, -0.1) is 0 Å². The van der Waals surface area contributed by atoms with E-state index >= 15 is 0 Å². The van der Waals surface area contributed by atoms with Crippen molar-refractivity contribution in [1.82, 2.24) is 4.90 Å². The second-order valence-electron chi connectivity index (χ2n) is 4.31. The molecular weight excluding hydrogens is 266 g/mol. The molecule has 0 bridgehead atoms. The zero-order valence-electron chi connectivity index (χ0n) is 11.8. The Morgan fingerprint density at radius 1 is 1.21 bits per heavy atom. The third-order valence-corrected chi connectivity index (χ3v) is 3.14. The molecule has 0 amide bonds. The minimum atomic E-state index is 0.154. The number of rotatable bonds is 8. The van der Waals surface area contributed by atoms with Crippen molar-refractivity contribution in [1.29, 1.82) is 0 Å². The van der Waals surface area contributed by atoms with E-state index < -0.39 is 0 Å². The maximum atomic E-state index is 9.07. The van der Waals surface area contributed by atoms with Crippen molar-refractivity contribution in [2.24, 2.45) is 0 Å². The number of methoxy groups -OCH3 is 2. The molecule has 19 heavy (non-hydrogen) atoms. The summed E-state index contributed by atoms with van der Waals surface area (Å²) < 4.78 is 10.5. The molecule has 0 fully saturated rings. The molecule has 0 saturated carbocycles. The van der Waals surface area contributed by atoms with Crippen molar-refractivity contribution in [3.63, 3.8) is 0 Å². The molecule has 1 rings (SSSR count). The monoisotopic (exact) mass is 287 g/mol. The Labute approximate surface area is 119 Å². The molecule has 5 heteroatoms. The van der Waals surface area contributed by atoms with Crippen LogP contribution in [-0.2, 0) is 6.54 Å². The summed E-state index contributed by atoms with van der Waals surface area (Å²) in [6, 6.07) is 3.80. The number of ether oxygens (including phenoxy) is 2. The fraction of sp³-hybridized carbons (Fsp3) is 0.571. The van der Waals surface area contributed by atoms with Crippen molar-refractivity contribution in [3.05, 3.63) is 22.7 Å². The van der Waals surface area contributed by atoms with Crippen LogP contribution in [0.2, 0.25) is 5.02 Å². The summed E-state index contributed by atoms with van der Waals surface area (Å²) in [5.41, 5.74) is 1.05. The molecule has 1 aromatic rings. The van der Waals surface area contributed by atoms with Gasteiger partial charge in [-0.05, 0) is 30.7 Å². The first-order valence-corrected chi connectivity index (χ1v) is 6.77. The minimum Gasteiger partial charge on any atom is -0.493 e. The van der Waals surface area contributed by atoms with Crippen molar-refractivity contribution in [2.45, 2.75) is 19.9 Å². The molecule has 4 nitrogen and oxygen atoms in total. The van der Waals surface area contributed by atoms with Crippen LogP contribution in [0.3, 0.4) is 0 Å². The second kappa shape index (κ2) is 8.25. The molecule has 1 N–H and O–H groups in total. The fourth-order valence-corrected chi connectivity index (χ4v) is 2.36. The van der Waals surface area contributed by atoms with Crippen LogP contribution in [-0.4, -0.2) is 43.9 Å². The normalized spacial score (nSPS) is 10.8. The first-order chi connectivity index (χ1) is 9.15. The van der Waals surface area contributed by atoms with Crippen LogP contribution in [0.1, 0.15) is 18.9 Å². The van der Waals surface area contributed by atoms with E-state index in [1.54, 1.807) is 14.2 Å². The molecule has 0 spiro atoms. The lowest BCUT2D eigenvalue weighted by atomic mass is 10.1. The Hall–Kier alpha value is -0.970. The van der Waals surface area contributed by atoms with Crippen molar-refractivity contribution in [2.75, 3.05) is 33.9 Å². The van der Waals surface area contributed by atoms with E-state index in [4.69, 9.17) is 26.2 Å². The average molecular weight is 288 g/mol. The largest absolute Gasteiger partial charge is 0.493 e. The standard InChI is InChI=1S/C14H22ClNO3/c1-4-5-16(6-7-17)10-11-8-12(15)14(19-3)13(9-11)18-2/h8-9,17H,4-7,10H2,1-3H3. The van der Waals surface area contributed by atoms with Gasteiger partial charge in [-0.3, -0.25) is 4.90 Å². The Morgan fingerprint density at radius 3 is 2.47 bits per heavy atom. The highest BCUT2D eigenvalue weighted by molar-refractivity contribution is 6.32. The van der Waals surface area contributed by atoms with E-state index in [1.165, 1.54) is 0 Å². The van der Waals surface area contributed by atoms with Crippen LogP contribution in [0, 0.1) is 0 Å². The fourth-order valence-electron chi connectivity index (χ4n) is 2.05. The van der Waals surface area contributed by atoms with Gasteiger partial charge in [-0.25, -0.2) is 0 Å². The maximum Gasteiger partial charge on any atom is 0.179 e. The van der Waals surface area contributed by atoms with Gasteiger partial charge in [0, 0.05) is 13.1 Å². The van der Waals surface area contributed by atoms with Crippen molar-refractivity contribution < 1.29 is 14.6 Å². The lowest BCUT2D eigenvalue weighted by molar-refractivity contribution is 0.190. The number of hydrogen-bond acceptors (Lipinski definition) is 4. The molecule has 0 aliphatic carbocycles. The van der Waals surface area contributed by atoms with E-state index in [-0.39, 0.29) is 6.61 Å². The lowest BCUT2D eigenvalue weighted by Crippen LogP contribution is -2.27. The van der Waals surface area contributed by atoms with Crippen LogP contribution >= 0.6 is 11.6 Å². The predicted octanol–water partition coefficient (Wildman–Crippen LogP) is 2.56. The number of halogens is 1. The van der Waals surface area contributed by atoms with Gasteiger partial charge in [0.05, 0.1) is 25.8 Å². The van der Waals surface area contributed by atoms with Gasteiger partial charge >= 0.3 is 0 Å². The summed E-state index contributed by atoms with van der Waals surface area (Å²) in [6.45, 7) is 4.59. The van der Waals surface area contributed by atoms with Gasteiger partial charge in [-0.2, -0.15) is 0 Å². The average Bonchev–Trinajstić information content (AvgIpc) is 2.38. The van der Waals surface area contributed by atoms with Crippen LogP contribution in [0.25, 0.3) is 0 Å². The van der Waals surface area contributed by atoms with Crippen LogP contribution in [0.4, 0.5) is 0 Å². The van der Waals surface area contributed by atoms with E-state index in [0.717, 1.165) is 25.1 Å². The second-order valence-corrected chi connectivity index (χ2v) is 4.72. The summed E-state index contributed by atoms with van der Waals surface area (Å²) in [6.07, 6.45) is 1.04. The smallest absolute Gasteiger partial charge is 0.179 e. The number of benzene rings is 1. The highest BCUT2D eigenvalue weighted by Gasteiger charge is 2.12. The third kappa shape index (κ3) is 4.56.